The van der Waals surface area contributed by atoms with Crippen molar-refractivity contribution >= 4 is 0 Å². The third-order valence-corrected chi connectivity index (χ3v) is 3.90. The van der Waals surface area contributed by atoms with Crippen molar-refractivity contribution in [2.45, 2.75) is 32.6 Å². The van der Waals surface area contributed by atoms with Crippen molar-refractivity contribution in [3.63, 3.8) is 0 Å². The number of aryl methyl sites for hydroxylation is 2. The molecular weight excluding hydrogens is 236 g/mol. The Hall–Kier alpha value is -1.61. The fourth-order valence-corrected chi connectivity index (χ4v) is 2.65. The van der Waals surface area contributed by atoms with E-state index < -0.39 is 0 Å². The zero-order valence-electron chi connectivity index (χ0n) is 11.4. The molecule has 0 saturated carbocycles. The van der Waals surface area contributed by atoms with Crippen molar-refractivity contribution in [1.29, 1.82) is 0 Å². The molecule has 1 aromatic carbocycles. The zero-order valence-corrected chi connectivity index (χ0v) is 11.4. The van der Waals surface area contributed by atoms with E-state index in [2.05, 4.69) is 36.2 Å². The topological polar surface area (TPSA) is 52.0 Å². The van der Waals surface area contributed by atoms with Gasteiger partial charge in [0.05, 0.1) is 5.69 Å². The summed E-state index contributed by atoms with van der Waals surface area (Å²) in [7, 11) is 0. The molecule has 1 aliphatic rings. The predicted molar refractivity (Wildman–Crippen MR) is 75.1 cm³/mol. The van der Waals surface area contributed by atoms with Crippen LogP contribution < -0.4 is 5.73 Å². The molecule has 0 amide bonds. The second kappa shape index (κ2) is 5.17. The summed E-state index contributed by atoms with van der Waals surface area (Å²) in [5.41, 5.74) is 9.42. The molecule has 0 spiro atoms. The summed E-state index contributed by atoms with van der Waals surface area (Å²) < 4.78 is 5.91. The Bertz CT molecular complexity index is 557. The molecule has 0 aliphatic heterocycles. The average Bonchev–Trinajstić information content (AvgIpc) is 2.82. The van der Waals surface area contributed by atoms with Gasteiger partial charge in [0.15, 0.2) is 5.89 Å². The van der Waals surface area contributed by atoms with E-state index >= 15 is 0 Å². The van der Waals surface area contributed by atoms with Crippen molar-refractivity contribution in [1.82, 2.24) is 4.98 Å². The van der Waals surface area contributed by atoms with Crippen LogP contribution >= 0.6 is 0 Å². The van der Waals surface area contributed by atoms with E-state index in [4.69, 9.17) is 10.2 Å². The van der Waals surface area contributed by atoms with Gasteiger partial charge in [-0.1, -0.05) is 29.8 Å². The van der Waals surface area contributed by atoms with E-state index in [9.17, 15) is 0 Å². The smallest absolute Gasteiger partial charge is 0.199 e. The van der Waals surface area contributed by atoms with Gasteiger partial charge in [0.25, 0.3) is 0 Å². The highest BCUT2D eigenvalue weighted by molar-refractivity contribution is 5.24. The number of benzene rings is 1. The Balaban J connectivity index is 1.76. The Morgan fingerprint density at radius 2 is 2.11 bits per heavy atom. The molecule has 1 aromatic heterocycles. The normalized spacial score (nSPS) is 18.3. The number of hydrogen-bond acceptors (Lipinski definition) is 3. The Kier molecular flexibility index (Phi) is 3.38. The molecule has 3 nitrogen and oxygen atoms in total. The van der Waals surface area contributed by atoms with Crippen LogP contribution in [0.1, 0.15) is 34.9 Å². The van der Waals surface area contributed by atoms with Gasteiger partial charge in [-0.15, -0.1) is 0 Å². The molecule has 0 saturated heterocycles. The third-order valence-electron chi connectivity index (χ3n) is 3.90. The van der Waals surface area contributed by atoms with Gasteiger partial charge in [-0.05, 0) is 37.8 Å². The first-order chi connectivity index (χ1) is 9.24. The fourth-order valence-electron chi connectivity index (χ4n) is 2.65. The maximum absolute atomic E-state index is 5.91. The van der Waals surface area contributed by atoms with Gasteiger partial charge >= 0.3 is 0 Å². The van der Waals surface area contributed by atoms with Crippen molar-refractivity contribution in [3.8, 4) is 0 Å². The molecule has 19 heavy (non-hydrogen) atoms. The molecule has 0 radical (unpaired) electrons. The SMILES string of the molecule is Cc1ccc(Cc2nc3c(o2)CC(CN)CC3)cc1. The van der Waals surface area contributed by atoms with Crippen LogP contribution in [0.3, 0.4) is 0 Å². The minimum Gasteiger partial charge on any atom is -0.445 e. The number of nitrogens with zero attached hydrogens (tertiary/aromatic N) is 1. The first kappa shape index (κ1) is 12.4. The van der Waals surface area contributed by atoms with Crippen LogP contribution in [0, 0.1) is 12.8 Å². The molecule has 1 unspecified atom stereocenters. The van der Waals surface area contributed by atoms with Crippen LogP contribution in [0.15, 0.2) is 28.7 Å². The first-order valence-electron chi connectivity index (χ1n) is 6.97. The number of rotatable bonds is 3. The van der Waals surface area contributed by atoms with Crippen LogP contribution in [0.25, 0.3) is 0 Å². The predicted octanol–water partition coefficient (Wildman–Crippen LogP) is 2.64. The number of nitrogens with two attached hydrogens (primary N) is 1. The van der Waals surface area contributed by atoms with E-state index in [-0.39, 0.29) is 0 Å². The maximum atomic E-state index is 5.91. The van der Waals surface area contributed by atoms with Crippen LogP contribution in [-0.2, 0) is 19.3 Å². The van der Waals surface area contributed by atoms with Gasteiger partial charge in [0, 0.05) is 12.8 Å². The van der Waals surface area contributed by atoms with E-state index in [1.54, 1.807) is 0 Å². The first-order valence-corrected chi connectivity index (χ1v) is 6.97. The van der Waals surface area contributed by atoms with Crippen LogP contribution in [0.2, 0.25) is 0 Å². The second-order valence-corrected chi connectivity index (χ2v) is 5.48. The molecule has 1 aliphatic carbocycles. The summed E-state index contributed by atoms with van der Waals surface area (Å²) in [5, 5.41) is 0. The van der Waals surface area contributed by atoms with Crippen molar-refractivity contribution < 1.29 is 4.42 Å². The quantitative estimate of drug-likeness (QED) is 0.918. The summed E-state index contributed by atoms with van der Waals surface area (Å²) in [6.07, 6.45) is 3.88. The van der Waals surface area contributed by atoms with E-state index in [0.29, 0.717) is 5.92 Å². The van der Waals surface area contributed by atoms with Gasteiger partial charge in [-0.3, -0.25) is 0 Å². The lowest BCUT2D eigenvalue weighted by Crippen LogP contribution is -2.21. The Morgan fingerprint density at radius 1 is 1.32 bits per heavy atom. The molecule has 0 fully saturated rings. The zero-order chi connectivity index (χ0) is 13.2. The summed E-state index contributed by atoms with van der Waals surface area (Å²) in [6.45, 7) is 2.84. The Labute approximate surface area is 113 Å². The van der Waals surface area contributed by atoms with E-state index in [1.807, 2.05) is 0 Å². The van der Waals surface area contributed by atoms with Gasteiger partial charge < -0.3 is 10.2 Å². The van der Waals surface area contributed by atoms with Crippen LogP contribution in [-0.4, -0.2) is 11.5 Å². The highest BCUT2D eigenvalue weighted by Crippen LogP contribution is 2.26. The molecule has 3 rings (SSSR count). The molecule has 1 atom stereocenters. The largest absolute Gasteiger partial charge is 0.445 e. The minimum absolute atomic E-state index is 0.563. The van der Waals surface area contributed by atoms with Crippen LogP contribution in [0.4, 0.5) is 0 Å². The molecule has 2 N–H and O–H groups in total. The number of hydrogen-bond donors (Lipinski definition) is 1. The number of oxazole rings is 1. The fraction of sp³-hybridized carbons (Fsp3) is 0.438. The molecule has 100 valence electrons. The number of fused-ring (bicyclic) bond motifs is 1. The highest BCUT2D eigenvalue weighted by atomic mass is 16.4. The molecule has 0 bridgehead atoms. The average molecular weight is 256 g/mol. The lowest BCUT2D eigenvalue weighted by Gasteiger charge is -2.17. The minimum atomic E-state index is 0.563. The summed E-state index contributed by atoms with van der Waals surface area (Å²) in [5.74, 6) is 2.46. The summed E-state index contributed by atoms with van der Waals surface area (Å²) in [6, 6.07) is 8.54. The van der Waals surface area contributed by atoms with Gasteiger partial charge in [0.2, 0.25) is 0 Å². The lowest BCUT2D eigenvalue weighted by atomic mass is 9.91. The maximum Gasteiger partial charge on any atom is 0.199 e. The molecular formula is C16H20N2O. The molecule has 2 aromatic rings. The van der Waals surface area contributed by atoms with Gasteiger partial charge in [-0.25, -0.2) is 4.98 Å². The molecule has 3 heteroatoms. The standard InChI is InChI=1S/C16H20N2O/c1-11-2-4-12(5-3-11)9-16-18-14-7-6-13(10-17)8-15(14)19-16/h2-5,13H,6-10,17H2,1H3. The van der Waals surface area contributed by atoms with Crippen molar-refractivity contribution in [2.75, 3.05) is 6.54 Å². The van der Waals surface area contributed by atoms with Crippen molar-refractivity contribution in [3.05, 3.63) is 52.7 Å². The monoisotopic (exact) mass is 256 g/mol. The van der Waals surface area contributed by atoms with E-state index in [1.165, 1.54) is 11.1 Å². The summed E-state index contributed by atoms with van der Waals surface area (Å²) >= 11 is 0. The van der Waals surface area contributed by atoms with Gasteiger partial charge in [0.1, 0.15) is 5.76 Å². The lowest BCUT2D eigenvalue weighted by molar-refractivity contribution is 0.386. The summed E-state index contributed by atoms with van der Waals surface area (Å²) in [4.78, 5) is 4.63. The van der Waals surface area contributed by atoms with Crippen LogP contribution in [0.5, 0.6) is 0 Å². The number of aromatic nitrogens is 1. The van der Waals surface area contributed by atoms with Crippen molar-refractivity contribution in [2.24, 2.45) is 11.7 Å². The second-order valence-electron chi connectivity index (χ2n) is 5.48. The third kappa shape index (κ3) is 2.71. The van der Waals surface area contributed by atoms with Gasteiger partial charge in [-0.2, -0.15) is 0 Å². The Morgan fingerprint density at radius 3 is 2.84 bits per heavy atom. The molecule has 1 heterocycles. The van der Waals surface area contributed by atoms with E-state index in [0.717, 1.165) is 49.6 Å². The highest BCUT2D eigenvalue weighted by Gasteiger charge is 2.23.